The van der Waals surface area contributed by atoms with E-state index < -0.39 is 23.1 Å². The van der Waals surface area contributed by atoms with Crippen molar-refractivity contribution in [2.45, 2.75) is 13.5 Å². The van der Waals surface area contributed by atoms with E-state index in [1.807, 2.05) is 6.07 Å². The van der Waals surface area contributed by atoms with Crippen LogP contribution in [-0.4, -0.2) is 58.0 Å². The van der Waals surface area contributed by atoms with Crippen LogP contribution in [0.2, 0.25) is 0 Å². The zero-order valence-corrected chi connectivity index (χ0v) is 25.9. The first-order chi connectivity index (χ1) is 22.6. The Hall–Kier alpha value is -5.87. The van der Waals surface area contributed by atoms with Crippen LogP contribution in [0.1, 0.15) is 37.5 Å². The molecule has 0 fully saturated rings. The maximum Gasteiger partial charge on any atom is 0.280 e. The van der Waals surface area contributed by atoms with Gasteiger partial charge in [0.1, 0.15) is 5.56 Å². The molecule has 0 unspecified atom stereocenters. The van der Waals surface area contributed by atoms with E-state index in [-0.39, 0.29) is 24.6 Å². The molecule has 3 aromatic carbocycles. The number of amides is 2. The Labute approximate surface area is 268 Å². The van der Waals surface area contributed by atoms with Gasteiger partial charge in [-0.3, -0.25) is 19.1 Å². The Morgan fingerprint density at radius 3 is 2.51 bits per heavy atom. The van der Waals surface area contributed by atoms with Crippen LogP contribution in [0.25, 0.3) is 10.9 Å². The number of aromatic nitrogens is 4. The lowest BCUT2D eigenvalue weighted by Crippen LogP contribution is -2.31. The number of hydrogen-bond acceptors (Lipinski definition) is 7. The van der Waals surface area contributed by atoms with Gasteiger partial charge in [0.05, 0.1) is 25.2 Å². The number of methoxy groups -OCH3 is 1. The molecule has 0 aliphatic heterocycles. The van der Waals surface area contributed by atoms with E-state index in [4.69, 9.17) is 4.74 Å². The Bertz CT molecular complexity index is 2080. The molecule has 2 heterocycles. The molecule has 0 aliphatic rings. The van der Waals surface area contributed by atoms with Crippen LogP contribution in [0.3, 0.4) is 0 Å². The van der Waals surface area contributed by atoms with Gasteiger partial charge in [-0.15, -0.1) is 0 Å². The Balaban J connectivity index is 1.19. The molecule has 2 amide bonds. The van der Waals surface area contributed by atoms with Gasteiger partial charge in [0.25, 0.3) is 17.4 Å². The summed E-state index contributed by atoms with van der Waals surface area (Å²) in [6.45, 7) is 2.44. The van der Waals surface area contributed by atoms with Crippen molar-refractivity contribution in [2.24, 2.45) is 7.05 Å². The molecule has 0 bridgehead atoms. The largest absolute Gasteiger partial charge is 0.383 e. The lowest BCUT2D eigenvalue weighted by molar-refractivity contribution is 0.0934. The Morgan fingerprint density at radius 2 is 1.77 bits per heavy atom. The first-order valence-corrected chi connectivity index (χ1v) is 14.5. The molecule has 0 aliphatic carbocycles. The van der Waals surface area contributed by atoms with Crippen molar-refractivity contribution >= 4 is 34.4 Å². The smallest absolute Gasteiger partial charge is 0.280 e. The standard InChI is InChI=1S/C34H31F2N7O4/c1-21-30(33(46)43(42(21)2)20-23-6-12-27(35)28(36)18-23)32(45)37-14-4-5-22-7-13-29-25(17-22)19-39-34(41-29)40-26-10-8-24(9-11-26)31(44)38-15-16-47-3/h6-13,17-19H,14-16,20H2,1-3H3,(H,37,45)(H,38,44)(H,39,40,41). The monoisotopic (exact) mass is 639 g/mol. The molecular weight excluding hydrogens is 608 g/mol. The first-order valence-electron chi connectivity index (χ1n) is 14.5. The molecule has 0 saturated carbocycles. The second-order valence-corrected chi connectivity index (χ2v) is 10.5. The average Bonchev–Trinajstić information content (AvgIpc) is 3.27. The van der Waals surface area contributed by atoms with E-state index in [1.165, 1.54) is 15.4 Å². The van der Waals surface area contributed by atoms with Gasteiger partial charge in [-0.1, -0.05) is 17.9 Å². The fourth-order valence-electron chi connectivity index (χ4n) is 4.75. The minimum atomic E-state index is -1.01. The summed E-state index contributed by atoms with van der Waals surface area (Å²) in [6, 6.07) is 15.8. The number of halogens is 2. The average molecular weight is 640 g/mol. The number of benzene rings is 3. The quantitative estimate of drug-likeness (QED) is 0.157. The number of carbonyl (C=O) groups excluding carboxylic acids is 2. The summed E-state index contributed by atoms with van der Waals surface area (Å²) < 4.78 is 34.7. The van der Waals surface area contributed by atoms with Crippen molar-refractivity contribution in [3.8, 4) is 11.8 Å². The van der Waals surface area contributed by atoms with Crippen LogP contribution in [0.5, 0.6) is 0 Å². The number of nitrogens with zero attached hydrogens (tertiary/aromatic N) is 4. The maximum absolute atomic E-state index is 13.7. The Morgan fingerprint density at radius 1 is 0.979 bits per heavy atom. The molecule has 0 saturated heterocycles. The molecule has 13 heteroatoms. The predicted octanol–water partition coefficient (Wildman–Crippen LogP) is 3.67. The highest BCUT2D eigenvalue weighted by Crippen LogP contribution is 2.18. The van der Waals surface area contributed by atoms with E-state index in [0.29, 0.717) is 47.0 Å². The van der Waals surface area contributed by atoms with Crippen molar-refractivity contribution in [3.05, 3.63) is 117 Å². The number of hydrogen-bond donors (Lipinski definition) is 3. The third kappa shape index (κ3) is 7.69. The number of nitrogens with one attached hydrogen (secondary N) is 3. The van der Waals surface area contributed by atoms with Crippen LogP contribution in [0, 0.1) is 30.4 Å². The van der Waals surface area contributed by atoms with Crippen molar-refractivity contribution in [1.82, 2.24) is 30.0 Å². The van der Waals surface area contributed by atoms with Crippen LogP contribution < -0.4 is 21.5 Å². The molecule has 3 N–H and O–H groups in total. The SMILES string of the molecule is COCCNC(=O)c1ccc(Nc2ncc3cc(C#CCNC(=O)c4c(C)n(C)n(Cc5ccc(F)c(F)c5)c4=O)ccc3n2)cc1. The Kier molecular flexibility index (Phi) is 10.0. The third-order valence-electron chi connectivity index (χ3n) is 7.35. The van der Waals surface area contributed by atoms with Crippen molar-refractivity contribution in [2.75, 3.05) is 32.1 Å². The predicted molar refractivity (Wildman–Crippen MR) is 173 cm³/mol. The van der Waals surface area contributed by atoms with E-state index >= 15 is 0 Å². The number of anilines is 2. The fourth-order valence-corrected chi connectivity index (χ4v) is 4.75. The van der Waals surface area contributed by atoms with Crippen LogP contribution in [0.15, 0.2) is 71.7 Å². The molecule has 5 rings (SSSR count). The lowest BCUT2D eigenvalue weighted by Gasteiger charge is -2.08. The van der Waals surface area contributed by atoms with Gasteiger partial charge in [-0.2, -0.15) is 0 Å². The van der Waals surface area contributed by atoms with Crippen molar-refractivity contribution in [3.63, 3.8) is 0 Å². The second kappa shape index (κ2) is 14.5. The van der Waals surface area contributed by atoms with Gasteiger partial charge in [0.15, 0.2) is 11.6 Å². The van der Waals surface area contributed by atoms with Crippen molar-refractivity contribution < 1.29 is 23.1 Å². The van der Waals surface area contributed by atoms with E-state index in [2.05, 4.69) is 37.8 Å². The summed E-state index contributed by atoms with van der Waals surface area (Å²) in [5.41, 5.74) is 2.80. The molecule has 240 valence electrons. The zero-order chi connectivity index (χ0) is 33.5. The summed E-state index contributed by atoms with van der Waals surface area (Å²) in [5, 5.41) is 9.31. The molecule has 0 radical (unpaired) electrons. The second-order valence-electron chi connectivity index (χ2n) is 10.5. The highest BCUT2D eigenvalue weighted by Gasteiger charge is 2.21. The lowest BCUT2D eigenvalue weighted by atomic mass is 10.1. The fraction of sp³-hybridized carbons (Fsp3) is 0.206. The summed E-state index contributed by atoms with van der Waals surface area (Å²) >= 11 is 0. The normalized spacial score (nSPS) is 10.7. The third-order valence-corrected chi connectivity index (χ3v) is 7.35. The van der Waals surface area contributed by atoms with Crippen LogP contribution in [-0.2, 0) is 18.3 Å². The van der Waals surface area contributed by atoms with E-state index in [1.54, 1.807) is 63.7 Å². The molecular formula is C34H31F2N7O4. The van der Waals surface area contributed by atoms with Gasteiger partial charge in [0.2, 0.25) is 5.95 Å². The van der Waals surface area contributed by atoms with E-state index in [0.717, 1.165) is 23.2 Å². The summed E-state index contributed by atoms with van der Waals surface area (Å²) in [4.78, 5) is 47.0. The van der Waals surface area contributed by atoms with E-state index in [9.17, 15) is 23.2 Å². The highest BCUT2D eigenvalue weighted by atomic mass is 19.2. The molecule has 47 heavy (non-hydrogen) atoms. The number of ether oxygens (including phenoxy) is 1. The first kappa shape index (κ1) is 32.5. The number of carbonyl (C=O) groups is 2. The van der Waals surface area contributed by atoms with Crippen molar-refractivity contribution in [1.29, 1.82) is 0 Å². The maximum atomic E-state index is 13.7. The summed E-state index contributed by atoms with van der Waals surface area (Å²) in [7, 11) is 3.18. The minimum Gasteiger partial charge on any atom is -0.383 e. The van der Waals surface area contributed by atoms with Crippen LogP contribution >= 0.6 is 0 Å². The summed E-state index contributed by atoms with van der Waals surface area (Å²) in [6.07, 6.45) is 1.67. The van der Waals surface area contributed by atoms with Gasteiger partial charge in [-0.25, -0.2) is 23.4 Å². The molecule has 2 aromatic heterocycles. The van der Waals surface area contributed by atoms with Gasteiger partial charge in [-0.05, 0) is 67.1 Å². The van der Waals surface area contributed by atoms with Gasteiger partial charge in [0, 0.05) is 54.8 Å². The minimum absolute atomic E-state index is 0.0131. The summed E-state index contributed by atoms with van der Waals surface area (Å²) in [5.74, 6) is 3.49. The number of rotatable bonds is 10. The molecule has 11 nitrogen and oxygen atoms in total. The number of fused-ring (bicyclic) bond motifs is 1. The molecule has 0 spiro atoms. The zero-order valence-electron chi connectivity index (χ0n) is 25.9. The topological polar surface area (TPSA) is 132 Å². The molecule has 5 aromatic rings. The van der Waals surface area contributed by atoms with Gasteiger partial charge < -0.3 is 20.7 Å². The molecule has 0 atom stereocenters. The van der Waals surface area contributed by atoms with Gasteiger partial charge >= 0.3 is 0 Å². The van der Waals surface area contributed by atoms with Crippen LogP contribution in [0.4, 0.5) is 20.4 Å². The highest BCUT2D eigenvalue weighted by molar-refractivity contribution is 5.95.